The van der Waals surface area contributed by atoms with E-state index in [4.69, 9.17) is 5.11 Å². The zero-order valence-corrected chi connectivity index (χ0v) is 11.7. The molecule has 0 unspecified atom stereocenters. The van der Waals surface area contributed by atoms with Crippen molar-refractivity contribution in [2.45, 2.75) is 45.1 Å². The lowest BCUT2D eigenvalue weighted by molar-refractivity contribution is 0.0690. The summed E-state index contributed by atoms with van der Waals surface area (Å²) in [7, 11) is 2.08. The fourth-order valence-corrected chi connectivity index (χ4v) is 2.87. The summed E-state index contributed by atoms with van der Waals surface area (Å²) in [5.41, 5.74) is 1.11. The third-order valence-corrected chi connectivity index (χ3v) is 4.32. The maximum atomic E-state index is 10.8. The Morgan fingerprint density at radius 1 is 1.37 bits per heavy atom. The number of nitrogens with zero attached hydrogens (tertiary/aromatic N) is 2. The molecule has 0 spiro atoms. The number of aromatic carboxylic acids is 1. The SMILES string of the molecule is CCC1CCC(N(C)c2ccc(C(=O)O)nc2)CC1. The van der Waals surface area contributed by atoms with Crippen LogP contribution in [-0.4, -0.2) is 29.1 Å². The van der Waals surface area contributed by atoms with E-state index in [2.05, 4.69) is 23.9 Å². The van der Waals surface area contributed by atoms with Gasteiger partial charge in [-0.1, -0.05) is 13.3 Å². The predicted molar refractivity (Wildman–Crippen MR) is 75.6 cm³/mol. The summed E-state index contributed by atoms with van der Waals surface area (Å²) in [6.45, 7) is 2.27. The second-order valence-electron chi connectivity index (χ2n) is 5.40. The molecule has 0 atom stereocenters. The zero-order chi connectivity index (χ0) is 13.8. The lowest BCUT2D eigenvalue weighted by Gasteiger charge is -2.35. The van der Waals surface area contributed by atoms with Crippen LogP contribution in [0, 0.1) is 5.92 Å². The van der Waals surface area contributed by atoms with Gasteiger partial charge in [0.2, 0.25) is 0 Å². The summed E-state index contributed by atoms with van der Waals surface area (Å²) in [4.78, 5) is 17.0. The van der Waals surface area contributed by atoms with Gasteiger partial charge >= 0.3 is 5.97 Å². The molecule has 0 aromatic carbocycles. The van der Waals surface area contributed by atoms with Crippen LogP contribution in [0.5, 0.6) is 0 Å². The Bertz CT molecular complexity index is 422. The first-order valence-corrected chi connectivity index (χ1v) is 7.04. The number of rotatable bonds is 4. The van der Waals surface area contributed by atoms with Crippen molar-refractivity contribution in [2.75, 3.05) is 11.9 Å². The van der Waals surface area contributed by atoms with Crippen LogP contribution in [0.25, 0.3) is 0 Å². The molecule has 19 heavy (non-hydrogen) atoms. The van der Waals surface area contributed by atoms with Gasteiger partial charge in [0.15, 0.2) is 0 Å². The number of carbonyl (C=O) groups is 1. The number of hydrogen-bond acceptors (Lipinski definition) is 3. The molecule has 4 nitrogen and oxygen atoms in total. The Labute approximate surface area is 114 Å². The van der Waals surface area contributed by atoms with E-state index < -0.39 is 5.97 Å². The predicted octanol–water partition coefficient (Wildman–Crippen LogP) is 3.18. The highest BCUT2D eigenvalue weighted by atomic mass is 16.4. The fraction of sp³-hybridized carbons (Fsp3) is 0.600. The minimum absolute atomic E-state index is 0.104. The van der Waals surface area contributed by atoms with E-state index in [1.54, 1.807) is 12.3 Å². The Morgan fingerprint density at radius 2 is 2.05 bits per heavy atom. The Kier molecular flexibility index (Phi) is 4.40. The van der Waals surface area contributed by atoms with Crippen molar-refractivity contribution < 1.29 is 9.90 Å². The zero-order valence-electron chi connectivity index (χ0n) is 11.7. The molecular weight excluding hydrogens is 240 g/mol. The molecule has 4 heteroatoms. The lowest BCUT2D eigenvalue weighted by atomic mass is 9.84. The van der Waals surface area contributed by atoms with Crippen LogP contribution in [0.4, 0.5) is 5.69 Å². The maximum absolute atomic E-state index is 10.8. The van der Waals surface area contributed by atoms with Crippen molar-refractivity contribution in [1.29, 1.82) is 0 Å². The van der Waals surface area contributed by atoms with E-state index >= 15 is 0 Å². The average Bonchev–Trinajstić information content (AvgIpc) is 2.46. The van der Waals surface area contributed by atoms with Crippen molar-refractivity contribution in [2.24, 2.45) is 5.92 Å². The molecule has 2 rings (SSSR count). The van der Waals surface area contributed by atoms with Gasteiger partial charge in [0.25, 0.3) is 0 Å². The van der Waals surface area contributed by atoms with Crippen molar-refractivity contribution in [3.8, 4) is 0 Å². The van der Waals surface area contributed by atoms with Crippen molar-refractivity contribution in [3.63, 3.8) is 0 Å². The number of hydrogen-bond donors (Lipinski definition) is 1. The lowest BCUT2D eigenvalue weighted by Crippen LogP contribution is -2.35. The number of pyridine rings is 1. The highest BCUT2D eigenvalue weighted by Gasteiger charge is 2.23. The van der Waals surface area contributed by atoms with Gasteiger partial charge in [-0.25, -0.2) is 9.78 Å². The van der Waals surface area contributed by atoms with Crippen LogP contribution in [0.2, 0.25) is 0 Å². The molecule has 104 valence electrons. The van der Waals surface area contributed by atoms with Gasteiger partial charge in [-0.3, -0.25) is 0 Å². The Balaban J connectivity index is 1.99. The van der Waals surface area contributed by atoms with Crippen LogP contribution in [-0.2, 0) is 0 Å². The Hall–Kier alpha value is -1.58. The van der Waals surface area contributed by atoms with Crippen LogP contribution in [0.1, 0.15) is 49.5 Å². The molecule has 0 amide bonds. The monoisotopic (exact) mass is 262 g/mol. The van der Waals surface area contributed by atoms with Gasteiger partial charge in [-0.05, 0) is 43.7 Å². The minimum atomic E-state index is -0.974. The van der Waals surface area contributed by atoms with Gasteiger partial charge in [0.05, 0.1) is 11.9 Å². The largest absolute Gasteiger partial charge is 0.477 e. The topological polar surface area (TPSA) is 53.4 Å². The van der Waals surface area contributed by atoms with Crippen molar-refractivity contribution in [1.82, 2.24) is 4.98 Å². The highest BCUT2D eigenvalue weighted by Crippen LogP contribution is 2.30. The molecule has 1 fully saturated rings. The minimum Gasteiger partial charge on any atom is -0.477 e. The van der Waals surface area contributed by atoms with Crippen LogP contribution >= 0.6 is 0 Å². The number of carboxylic acid groups (broad SMARTS) is 1. The molecule has 0 saturated heterocycles. The molecule has 1 aromatic rings. The van der Waals surface area contributed by atoms with Gasteiger partial charge in [-0.2, -0.15) is 0 Å². The first-order chi connectivity index (χ1) is 9.11. The van der Waals surface area contributed by atoms with Crippen LogP contribution in [0.3, 0.4) is 0 Å². The van der Waals surface area contributed by atoms with E-state index in [9.17, 15) is 4.79 Å². The summed E-state index contributed by atoms with van der Waals surface area (Å²) in [6.07, 6.45) is 7.98. The molecule has 1 aromatic heterocycles. The van der Waals surface area contributed by atoms with E-state index in [0.29, 0.717) is 6.04 Å². The number of aromatic nitrogens is 1. The second kappa shape index (κ2) is 6.04. The standard InChI is InChI=1S/C15H22N2O2/c1-3-11-4-6-12(7-5-11)17(2)13-8-9-14(15(18)19)16-10-13/h8-12H,3-7H2,1-2H3,(H,18,19). The fourth-order valence-electron chi connectivity index (χ4n) is 2.87. The van der Waals surface area contributed by atoms with Crippen molar-refractivity contribution in [3.05, 3.63) is 24.0 Å². The van der Waals surface area contributed by atoms with Gasteiger partial charge < -0.3 is 10.0 Å². The molecule has 1 N–H and O–H groups in total. The summed E-state index contributed by atoms with van der Waals surface area (Å²) < 4.78 is 0. The summed E-state index contributed by atoms with van der Waals surface area (Å²) in [5, 5.41) is 8.84. The molecule has 1 aliphatic rings. The first kappa shape index (κ1) is 13.8. The number of anilines is 1. The van der Waals surface area contributed by atoms with Gasteiger partial charge in [0, 0.05) is 13.1 Å². The summed E-state index contributed by atoms with van der Waals surface area (Å²) in [6, 6.07) is 3.98. The maximum Gasteiger partial charge on any atom is 0.354 e. The molecular formula is C15H22N2O2. The highest BCUT2D eigenvalue weighted by molar-refractivity contribution is 5.85. The average molecular weight is 262 g/mol. The molecule has 1 saturated carbocycles. The van der Waals surface area contributed by atoms with Gasteiger partial charge in [0.1, 0.15) is 5.69 Å². The molecule has 0 aliphatic heterocycles. The third-order valence-electron chi connectivity index (χ3n) is 4.32. The van der Waals surface area contributed by atoms with E-state index in [1.165, 1.54) is 32.1 Å². The number of carboxylic acids is 1. The normalized spacial score (nSPS) is 23.1. The Morgan fingerprint density at radius 3 is 2.53 bits per heavy atom. The molecule has 0 radical (unpaired) electrons. The van der Waals surface area contributed by atoms with Gasteiger partial charge in [-0.15, -0.1) is 0 Å². The van der Waals surface area contributed by atoms with Crippen LogP contribution in [0.15, 0.2) is 18.3 Å². The summed E-state index contributed by atoms with van der Waals surface area (Å²) in [5.74, 6) is -0.0881. The molecule has 0 bridgehead atoms. The van der Waals surface area contributed by atoms with E-state index in [-0.39, 0.29) is 5.69 Å². The first-order valence-electron chi connectivity index (χ1n) is 7.04. The third kappa shape index (κ3) is 3.25. The molecule has 1 aliphatic carbocycles. The van der Waals surface area contributed by atoms with Crippen molar-refractivity contribution >= 4 is 11.7 Å². The summed E-state index contributed by atoms with van der Waals surface area (Å²) >= 11 is 0. The van der Waals surface area contributed by atoms with E-state index in [1.807, 2.05) is 6.07 Å². The van der Waals surface area contributed by atoms with E-state index in [0.717, 1.165) is 11.6 Å². The smallest absolute Gasteiger partial charge is 0.354 e. The van der Waals surface area contributed by atoms with Crippen LogP contribution < -0.4 is 4.90 Å². The molecule has 1 heterocycles. The second-order valence-corrected chi connectivity index (χ2v) is 5.40. The quantitative estimate of drug-likeness (QED) is 0.905.